The Hall–Kier alpha value is -2.98. The molecular formula is C37H48O4. The number of aliphatic hydroxyl groups excluding tert-OH is 1. The second-order valence-corrected chi connectivity index (χ2v) is 12.2. The largest absolute Gasteiger partial charge is 0.496 e. The quantitative estimate of drug-likeness (QED) is 0.267. The van der Waals surface area contributed by atoms with Gasteiger partial charge in [-0.05, 0) is 114 Å². The lowest BCUT2D eigenvalue weighted by molar-refractivity contribution is 0.278. The lowest BCUT2D eigenvalue weighted by Crippen LogP contribution is -2.14. The lowest BCUT2D eigenvalue weighted by Gasteiger charge is -2.30. The van der Waals surface area contributed by atoms with Gasteiger partial charge in [0.25, 0.3) is 0 Å². The van der Waals surface area contributed by atoms with E-state index in [4.69, 9.17) is 14.2 Å². The van der Waals surface area contributed by atoms with Gasteiger partial charge in [-0.1, -0.05) is 62.8 Å². The topological polar surface area (TPSA) is 47.9 Å². The Morgan fingerprint density at radius 2 is 1.17 bits per heavy atom. The van der Waals surface area contributed by atoms with Gasteiger partial charge in [0.15, 0.2) is 11.5 Å². The molecule has 2 aliphatic rings. The van der Waals surface area contributed by atoms with Crippen molar-refractivity contribution in [2.24, 2.45) is 0 Å². The molecule has 0 aromatic heterocycles. The molecule has 0 bridgehead atoms. The summed E-state index contributed by atoms with van der Waals surface area (Å²) in [6.07, 6.45) is 12.6. The third kappa shape index (κ3) is 6.14. The highest BCUT2D eigenvalue weighted by atomic mass is 16.5. The molecule has 2 saturated carbocycles. The van der Waals surface area contributed by atoms with Crippen LogP contribution in [0.4, 0.5) is 0 Å². The molecule has 4 nitrogen and oxygen atoms in total. The lowest BCUT2D eigenvalue weighted by atomic mass is 9.75. The fraction of sp³-hybridized carbons (Fsp3) is 0.514. The highest BCUT2D eigenvalue weighted by Crippen LogP contribution is 2.46. The molecule has 2 fully saturated rings. The first-order chi connectivity index (χ1) is 20.0. The molecule has 4 heteroatoms. The van der Waals surface area contributed by atoms with Crippen molar-refractivity contribution >= 4 is 0 Å². The van der Waals surface area contributed by atoms with Gasteiger partial charge in [-0.25, -0.2) is 0 Å². The first kappa shape index (κ1) is 29.5. The SMILES string of the molecule is COc1ccc(C(c2cc(C3CCCCC3)c(CO)cc2C)c2cc(C3CCCCC3)c(OC)cc2C)cc1OC. The summed E-state index contributed by atoms with van der Waals surface area (Å²) in [6, 6.07) is 15.7. The van der Waals surface area contributed by atoms with Crippen molar-refractivity contribution in [1.82, 2.24) is 0 Å². The highest BCUT2D eigenvalue weighted by molar-refractivity contribution is 5.57. The number of benzene rings is 3. The van der Waals surface area contributed by atoms with Crippen molar-refractivity contribution in [2.45, 2.75) is 102 Å². The molecule has 5 rings (SSSR count). The van der Waals surface area contributed by atoms with E-state index in [0.717, 1.165) is 22.8 Å². The molecule has 3 aromatic rings. The molecule has 0 spiro atoms. The number of aliphatic hydroxyl groups is 1. The van der Waals surface area contributed by atoms with Crippen LogP contribution in [-0.2, 0) is 6.61 Å². The first-order valence-electron chi connectivity index (χ1n) is 15.6. The van der Waals surface area contributed by atoms with Gasteiger partial charge in [0.2, 0.25) is 0 Å². The van der Waals surface area contributed by atoms with Crippen LogP contribution in [0.3, 0.4) is 0 Å². The maximum absolute atomic E-state index is 10.4. The van der Waals surface area contributed by atoms with E-state index in [1.54, 1.807) is 21.3 Å². The third-order valence-corrected chi connectivity index (χ3v) is 9.77. The summed E-state index contributed by atoms with van der Waals surface area (Å²) >= 11 is 0. The van der Waals surface area contributed by atoms with E-state index in [1.807, 2.05) is 6.07 Å². The molecule has 220 valence electrons. The monoisotopic (exact) mass is 556 g/mol. The minimum absolute atomic E-state index is 0.0122. The molecular weight excluding hydrogens is 508 g/mol. The Balaban J connectivity index is 1.74. The van der Waals surface area contributed by atoms with Crippen LogP contribution >= 0.6 is 0 Å². The van der Waals surface area contributed by atoms with Gasteiger partial charge in [0.05, 0.1) is 27.9 Å². The summed E-state index contributed by atoms with van der Waals surface area (Å²) in [6.45, 7) is 4.50. The zero-order chi connectivity index (χ0) is 28.9. The average Bonchev–Trinajstić information content (AvgIpc) is 3.02. The zero-order valence-electron chi connectivity index (χ0n) is 25.7. The molecule has 1 N–H and O–H groups in total. The molecule has 1 atom stereocenters. The second kappa shape index (κ2) is 13.3. The molecule has 1 unspecified atom stereocenters. The van der Waals surface area contributed by atoms with Gasteiger partial charge >= 0.3 is 0 Å². The van der Waals surface area contributed by atoms with Crippen LogP contribution in [0.5, 0.6) is 17.2 Å². The maximum atomic E-state index is 10.4. The summed E-state index contributed by atoms with van der Waals surface area (Å²) in [4.78, 5) is 0. The number of rotatable bonds is 9. The highest BCUT2D eigenvalue weighted by Gasteiger charge is 2.28. The Morgan fingerprint density at radius 1 is 0.634 bits per heavy atom. The molecule has 41 heavy (non-hydrogen) atoms. The summed E-state index contributed by atoms with van der Waals surface area (Å²) in [5.74, 6) is 3.54. The summed E-state index contributed by atoms with van der Waals surface area (Å²) in [5.41, 5.74) is 9.99. The van der Waals surface area contributed by atoms with Crippen molar-refractivity contribution in [2.75, 3.05) is 21.3 Å². The summed E-state index contributed by atoms with van der Waals surface area (Å²) in [7, 11) is 5.20. The Bertz CT molecular complexity index is 1260. The molecule has 0 heterocycles. The van der Waals surface area contributed by atoms with E-state index in [-0.39, 0.29) is 12.5 Å². The van der Waals surface area contributed by atoms with E-state index >= 15 is 0 Å². The Kier molecular flexibility index (Phi) is 9.60. The second-order valence-electron chi connectivity index (χ2n) is 12.2. The Labute approximate surface area is 247 Å². The van der Waals surface area contributed by atoms with Crippen molar-refractivity contribution in [3.05, 3.63) is 87.0 Å². The average molecular weight is 557 g/mol. The first-order valence-corrected chi connectivity index (χ1v) is 15.6. The van der Waals surface area contributed by atoms with E-state index in [0.29, 0.717) is 11.8 Å². The van der Waals surface area contributed by atoms with E-state index < -0.39 is 0 Å². The van der Waals surface area contributed by atoms with Crippen LogP contribution in [-0.4, -0.2) is 26.4 Å². The third-order valence-electron chi connectivity index (χ3n) is 9.77. The maximum Gasteiger partial charge on any atom is 0.161 e. The van der Waals surface area contributed by atoms with Crippen molar-refractivity contribution in [3.8, 4) is 17.2 Å². The van der Waals surface area contributed by atoms with Crippen molar-refractivity contribution < 1.29 is 19.3 Å². The van der Waals surface area contributed by atoms with Crippen LogP contribution in [0.1, 0.15) is 126 Å². The fourth-order valence-electron chi connectivity index (χ4n) is 7.54. The van der Waals surface area contributed by atoms with Gasteiger partial charge in [0.1, 0.15) is 5.75 Å². The normalized spacial score (nSPS) is 17.3. The smallest absolute Gasteiger partial charge is 0.161 e. The Morgan fingerprint density at radius 3 is 1.73 bits per heavy atom. The van der Waals surface area contributed by atoms with Gasteiger partial charge < -0.3 is 19.3 Å². The van der Waals surface area contributed by atoms with Crippen LogP contribution in [0.25, 0.3) is 0 Å². The molecule has 2 aliphatic carbocycles. The van der Waals surface area contributed by atoms with Crippen molar-refractivity contribution in [1.29, 1.82) is 0 Å². The standard InChI is InChI=1S/C37H48O4/c1-24-18-29(23-38)32(26-12-8-6-9-13-26)21-30(24)37(28-16-17-34(39-3)36(20-28)41-5)31-22-33(27-14-10-7-11-15-27)35(40-4)19-25(31)2/h16-22,26-27,37-38H,6-15,23H2,1-5H3. The number of methoxy groups -OCH3 is 3. The van der Waals surface area contributed by atoms with Gasteiger partial charge in [-0.15, -0.1) is 0 Å². The van der Waals surface area contributed by atoms with Crippen LogP contribution in [0.2, 0.25) is 0 Å². The van der Waals surface area contributed by atoms with E-state index in [2.05, 4.69) is 50.2 Å². The van der Waals surface area contributed by atoms with Gasteiger partial charge in [-0.3, -0.25) is 0 Å². The predicted molar refractivity (Wildman–Crippen MR) is 167 cm³/mol. The van der Waals surface area contributed by atoms with Gasteiger partial charge in [0, 0.05) is 5.92 Å². The summed E-state index contributed by atoms with van der Waals surface area (Å²) in [5, 5.41) is 10.4. The zero-order valence-corrected chi connectivity index (χ0v) is 25.7. The number of ether oxygens (including phenoxy) is 3. The minimum atomic E-state index is 0.0122. The predicted octanol–water partition coefficient (Wildman–Crippen LogP) is 9.10. The number of hydrogen-bond donors (Lipinski definition) is 1. The van der Waals surface area contributed by atoms with E-state index in [1.165, 1.54) is 103 Å². The van der Waals surface area contributed by atoms with Gasteiger partial charge in [-0.2, -0.15) is 0 Å². The molecule has 0 radical (unpaired) electrons. The minimum Gasteiger partial charge on any atom is -0.496 e. The van der Waals surface area contributed by atoms with Crippen LogP contribution in [0, 0.1) is 13.8 Å². The molecule has 0 amide bonds. The number of hydrogen-bond acceptors (Lipinski definition) is 4. The fourth-order valence-corrected chi connectivity index (χ4v) is 7.54. The molecule has 0 saturated heterocycles. The van der Waals surface area contributed by atoms with Crippen LogP contribution in [0.15, 0.2) is 42.5 Å². The molecule has 3 aromatic carbocycles. The van der Waals surface area contributed by atoms with Crippen molar-refractivity contribution in [3.63, 3.8) is 0 Å². The molecule has 0 aliphatic heterocycles. The van der Waals surface area contributed by atoms with Crippen LogP contribution < -0.4 is 14.2 Å². The number of aryl methyl sites for hydroxylation is 2. The summed E-state index contributed by atoms with van der Waals surface area (Å²) < 4.78 is 17.4. The van der Waals surface area contributed by atoms with E-state index in [9.17, 15) is 5.11 Å².